The number of hydrogen-bond donors (Lipinski definition) is 0. The maximum absolute atomic E-state index is 11.2. The molecule has 0 rings (SSSR count). The zero-order valence-electron chi connectivity index (χ0n) is 10.5. The van der Waals surface area contributed by atoms with E-state index < -0.39 is 0 Å². The topological polar surface area (TPSA) is 52.6 Å². The average Bonchev–Trinajstić information content (AvgIpc) is 2.25. The molecule has 1 unspecified atom stereocenters. The Morgan fingerprint density at radius 3 is 2.06 bits per heavy atom. The van der Waals surface area contributed by atoms with Gasteiger partial charge in [0.05, 0.1) is 0 Å². The summed E-state index contributed by atoms with van der Waals surface area (Å²) in [7, 11) is 0. The number of esters is 2. The second-order valence-electron chi connectivity index (χ2n) is 3.70. The molecule has 0 spiro atoms. The van der Waals surface area contributed by atoms with Gasteiger partial charge in [0.25, 0.3) is 0 Å². The molecule has 16 heavy (non-hydrogen) atoms. The van der Waals surface area contributed by atoms with Crippen molar-refractivity contribution in [2.24, 2.45) is 0 Å². The minimum atomic E-state index is -0.306. The lowest BCUT2D eigenvalue weighted by molar-refractivity contribution is -0.159. The predicted molar refractivity (Wildman–Crippen MR) is 60.9 cm³/mol. The van der Waals surface area contributed by atoms with E-state index in [4.69, 9.17) is 9.47 Å². The normalized spacial score (nSPS) is 11.9. The van der Waals surface area contributed by atoms with Crippen molar-refractivity contribution in [3.63, 3.8) is 0 Å². The highest BCUT2D eigenvalue weighted by atomic mass is 16.6. The lowest BCUT2D eigenvalue weighted by Gasteiger charge is -2.15. The van der Waals surface area contributed by atoms with Gasteiger partial charge < -0.3 is 9.47 Å². The molecule has 0 fully saturated rings. The Morgan fingerprint density at radius 1 is 1.00 bits per heavy atom. The molecular weight excluding hydrogens is 208 g/mol. The third-order valence-corrected chi connectivity index (χ3v) is 2.09. The van der Waals surface area contributed by atoms with Crippen LogP contribution >= 0.6 is 0 Å². The van der Waals surface area contributed by atoms with Crippen molar-refractivity contribution in [3.8, 4) is 0 Å². The van der Waals surface area contributed by atoms with Crippen LogP contribution in [-0.4, -0.2) is 24.6 Å². The van der Waals surface area contributed by atoms with Gasteiger partial charge >= 0.3 is 11.9 Å². The highest BCUT2D eigenvalue weighted by Gasteiger charge is 2.14. The summed E-state index contributed by atoms with van der Waals surface area (Å²) < 4.78 is 10.2. The summed E-state index contributed by atoms with van der Waals surface area (Å²) in [5, 5.41) is 0. The second kappa shape index (κ2) is 9.19. The highest BCUT2D eigenvalue weighted by Crippen LogP contribution is 2.04. The van der Waals surface area contributed by atoms with Gasteiger partial charge in [0, 0.05) is 12.8 Å². The molecule has 0 saturated heterocycles. The van der Waals surface area contributed by atoms with E-state index in [1.807, 2.05) is 20.8 Å². The molecule has 0 radical (unpaired) electrons. The second-order valence-corrected chi connectivity index (χ2v) is 3.70. The Morgan fingerprint density at radius 2 is 1.56 bits per heavy atom. The number of carbonyl (C=O) groups is 2. The van der Waals surface area contributed by atoms with Crippen LogP contribution in [0.3, 0.4) is 0 Å². The van der Waals surface area contributed by atoms with Crippen molar-refractivity contribution in [2.75, 3.05) is 6.61 Å². The van der Waals surface area contributed by atoms with Crippen LogP contribution in [0, 0.1) is 0 Å². The van der Waals surface area contributed by atoms with Gasteiger partial charge in [-0.15, -0.1) is 0 Å². The SMILES string of the molecule is CCCC(=O)OCC(CC)OC(=O)CCC. The fourth-order valence-corrected chi connectivity index (χ4v) is 1.15. The van der Waals surface area contributed by atoms with Gasteiger partial charge in [0.15, 0.2) is 0 Å². The Labute approximate surface area is 97.3 Å². The molecule has 0 aliphatic heterocycles. The summed E-state index contributed by atoms with van der Waals surface area (Å²) in [5.74, 6) is -0.451. The minimum absolute atomic E-state index is 0.171. The first-order valence-corrected chi connectivity index (χ1v) is 5.99. The zero-order valence-corrected chi connectivity index (χ0v) is 10.5. The number of hydrogen-bond acceptors (Lipinski definition) is 4. The van der Waals surface area contributed by atoms with Gasteiger partial charge in [-0.1, -0.05) is 20.8 Å². The first kappa shape index (κ1) is 14.9. The summed E-state index contributed by atoms with van der Waals surface area (Å²) in [6, 6.07) is 0. The molecule has 0 aromatic carbocycles. The number of ether oxygens (including phenoxy) is 2. The van der Waals surface area contributed by atoms with Gasteiger partial charge in [-0.05, 0) is 19.3 Å². The van der Waals surface area contributed by atoms with Gasteiger partial charge in [0.1, 0.15) is 12.7 Å². The van der Waals surface area contributed by atoms with Crippen molar-refractivity contribution >= 4 is 11.9 Å². The highest BCUT2D eigenvalue weighted by molar-refractivity contribution is 5.70. The third-order valence-electron chi connectivity index (χ3n) is 2.09. The van der Waals surface area contributed by atoms with Crippen LogP contribution in [0.1, 0.15) is 52.9 Å². The smallest absolute Gasteiger partial charge is 0.306 e. The molecule has 0 aromatic rings. The summed E-state index contributed by atoms with van der Waals surface area (Å²) in [4.78, 5) is 22.3. The third kappa shape index (κ3) is 7.26. The number of rotatable bonds is 8. The molecule has 4 nitrogen and oxygen atoms in total. The van der Waals surface area contributed by atoms with E-state index in [1.165, 1.54) is 0 Å². The van der Waals surface area contributed by atoms with Gasteiger partial charge in [0.2, 0.25) is 0 Å². The van der Waals surface area contributed by atoms with Crippen molar-refractivity contribution < 1.29 is 19.1 Å². The molecular formula is C12H22O4. The molecule has 0 bridgehead atoms. The Balaban J connectivity index is 3.82. The van der Waals surface area contributed by atoms with E-state index in [0.29, 0.717) is 19.3 Å². The predicted octanol–water partition coefficient (Wildman–Crippen LogP) is 2.45. The molecule has 4 heteroatoms. The van der Waals surface area contributed by atoms with Crippen molar-refractivity contribution in [2.45, 2.75) is 59.0 Å². The first-order chi connectivity index (χ1) is 7.63. The molecule has 0 heterocycles. The van der Waals surface area contributed by atoms with Crippen LogP contribution in [-0.2, 0) is 19.1 Å². The summed E-state index contributed by atoms with van der Waals surface area (Å²) >= 11 is 0. The molecule has 0 aromatic heterocycles. The van der Waals surface area contributed by atoms with E-state index in [1.54, 1.807) is 0 Å². The van der Waals surface area contributed by atoms with Crippen molar-refractivity contribution in [1.29, 1.82) is 0 Å². The summed E-state index contributed by atoms with van der Waals surface area (Å²) in [5.41, 5.74) is 0. The molecule has 0 saturated carbocycles. The summed E-state index contributed by atoms with van der Waals surface area (Å²) in [6.07, 6.45) is 2.73. The molecule has 94 valence electrons. The lowest BCUT2D eigenvalue weighted by Crippen LogP contribution is -2.24. The maximum atomic E-state index is 11.2. The standard InChI is InChI=1S/C12H22O4/c1-4-7-11(13)15-9-10(6-3)16-12(14)8-5-2/h10H,4-9H2,1-3H3. The Hall–Kier alpha value is -1.06. The fourth-order valence-electron chi connectivity index (χ4n) is 1.15. The van der Waals surface area contributed by atoms with E-state index >= 15 is 0 Å². The molecule has 0 aliphatic carbocycles. The van der Waals surface area contributed by atoms with E-state index in [0.717, 1.165) is 12.8 Å². The quantitative estimate of drug-likeness (QED) is 0.601. The Kier molecular flexibility index (Phi) is 8.58. The van der Waals surface area contributed by atoms with Crippen LogP contribution in [0.25, 0.3) is 0 Å². The summed E-state index contributed by atoms with van der Waals surface area (Å²) in [6.45, 7) is 5.91. The van der Waals surface area contributed by atoms with E-state index in [9.17, 15) is 9.59 Å². The number of carbonyl (C=O) groups excluding carboxylic acids is 2. The van der Waals surface area contributed by atoms with E-state index in [2.05, 4.69) is 0 Å². The first-order valence-electron chi connectivity index (χ1n) is 5.99. The molecule has 1 atom stereocenters. The fraction of sp³-hybridized carbons (Fsp3) is 0.833. The van der Waals surface area contributed by atoms with Crippen LogP contribution in [0.5, 0.6) is 0 Å². The van der Waals surface area contributed by atoms with Gasteiger partial charge in [-0.2, -0.15) is 0 Å². The molecule has 0 N–H and O–H groups in total. The zero-order chi connectivity index (χ0) is 12.4. The largest absolute Gasteiger partial charge is 0.462 e. The lowest BCUT2D eigenvalue weighted by atomic mass is 10.3. The van der Waals surface area contributed by atoms with Gasteiger partial charge in [-0.3, -0.25) is 9.59 Å². The molecule has 0 amide bonds. The van der Waals surface area contributed by atoms with Crippen molar-refractivity contribution in [1.82, 2.24) is 0 Å². The average molecular weight is 230 g/mol. The van der Waals surface area contributed by atoms with Crippen LogP contribution in [0.2, 0.25) is 0 Å². The van der Waals surface area contributed by atoms with E-state index in [-0.39, 0.29) is 24.6 Å². The Bertz CT molecular complexity index is 213. The van der Waals surface area contributed by atoms with Crippen molar-refractivity contribution in [3.05, 3.63) is 0 Å². The molecule has 0 aliphatic rings. The maximum Gasteiger partial charge on any atom is 0.306 e. The van der Waals surface area contributed by atoms with Crippen LogP contribution in [0.4, 0.5) is 0 Å². The minimum Gasteiger partial charge on any atom is -0.462 e. The monoisotopic (exact) mass is 230 g/mol. The van der Waals surface area contributed by atoms with Crippen LogP contribution in [0.15, 0.2) is 0 Å². The van der Waals surface area contributed by atoms with Gasteiger partial charge in [-0.25, -0.2) is 0 Å². The van der Waals surface area contributed by atoms with Crippen LogP contribution < -0.4 is 0 Å².